The largest absolute Gasteiger partial charge is 0.496 e. The number of aromatic nitrogens is 1. The second kappa shape index (κ2) is 7.32. The van der Waals surface area contributed by atoms with Gasteiger partial charge in [-0.1, -0.05) is 0 Å². The van der Waals surface area contributed by atoms with E-state index in [-0.39, 0.29) is 11.4 Å². The number of amides is 1. The van der Waals surface area contributed by atoms with Gasteiger partial charge in [0.1, 0.15) is 23.0 Å². The first-order valence-electron chi connectivity index (χ1n) is 8.14. The van der Waals surface area contributed by atoms with Gasteiger partial charge < -0.3 is 19.8 Å². The van der Waals surface area contributed by atoms with Gasteiger partial charge in [-0.3, -0.25) is 14.9 Å². The van der Waals surface area contributed by atoms with Crippen LogP contribution in [0.15, 0.2) is 40.8 Å². The zero-order valence-electron chi connectivity index (χ0n) is 15.0. The van der Waals surface area contributed by atoms with Crippen molar-refractivity contribution in [3.63, 3.8) is 0 Å². The highest BCUT2D eigenvalue weighted by atomic mass is 16.6. The molecule has 0 fully saturated rings. The van der Waals surface area contributed by atoms with Gasteiger partial charge in [-0.2, -0.15) is 0 Å². The highest BCUT2D eigenvalue weighted by Gasteiger charge is 2.20. The fraction of sp³-hybridized carbons (Fsp3) is 0.222. The minimum Gasteiger partial charge on any atom is -0.496 e. The molecule has 1 aromatic heterocycles. The third kappa shape index (κ3) is 3.97. The SMILES string of the molecule is COc1ccc(NC(=O)[C@H](C)Nc2ccc3oc(C)nc3c2)c([N+](=O)[O-])c1. The lowest BCUT2D eigenvalue weighted by atomic mass is 10.2. The Morgan fingerprint density at radius 2 is 2.07 bits per heavy atom. The van der Waals surface area contributed by atoms with E-state index in [1.165, 1.54) is 19.2 Å². The van der Waals surface area contributed by atoms with Crippen molar-refractivity contribution in [2.24, 2.45) is 0 Å². The number of aryl methyl sites for hydroxylation is 1. The lowest BCUT2D eigenvalue weighted by Gasteiger charge is -2.15. The summed E-state index contributed by atoms with van der Waals surface area (Å²) in [5, 5.41) is 16.8. The Labute approximate surface area is 154 Å². The summed E-state index contributed by atoms with van der Waals surface area (Å²) < 4.78 is 10.4. The van der Waals surface area contributed by atoms with Crippen molar-refractivity contribution in [3.05, 3.63) is 52.4 Å². The molecule has 2 N–H and O–H groups in total. The summed E-state index contributed by atoms with van der Waals surface area (Å²) in [6, 6.07) is 8.90. The van der Waals surface area contributed by atoms with Crippen LogP contribution in [0.2, 0.25) is 0 Å². The number of nitro benzene ring substituents is 1. The fourth-order valence-electron chi connectivity index (χ4n) is 2.58. The molecule has 0 saturated carbocycles. The van der Waals surface area contributed by atoms with Crippen molar-refractivity contribution in [2.45, 2.75) is 19.9 Å². The highest BCUT2D eigenvalue weighted by molar-refractivity contribution is 5.98. The number of methoxy groups -OCH3 is 1. The molecule has 27 heavy (non-hydrogen) atoms. The Morgan fingerprint density at radius 3 is 2.78 bits per heavy atom. The highest BCUT2D eigenvalue weighted by Crippen LogP contribution is 2.29. The molecule has 2 aromatic carbocycles. The smallest absolute Gasteiger partial charge is 0.296 e. The molecule has 0 aliphatic carbocycles. The van der Waals surface area contributed by atoms with Gasteiger partial charge in [0.15, 0.2) is 11.5 Å². The van der Waals surface area contributed by atoms with Crippen molar-refractivity contribution >= 4 is 34.1 Å². The van der Waals surface area contributed by atoms with Gasteiger partial charge in [-0.15, -0.1) is 0 Å². The molecular formula is C18H18N4O5. The summed E-state index contributed by atoms with van der Waals surface area (Å²) in [5.41, 5.74) is 1.87. The van der Waals surface area contributed by atoms with E-state index in [0.29, 0.717) is 28.4 Å². The number of nitrogens with one attached hydrogen (secondary N) is 2. The fourth-order valence-corrected chi connectivity index (χ4v) is 2.58. The van der Waals surface area contributed by atoms with Gasteiger partial charge in [-0.25, -0.2) is 4.98 Å². The molecule has 140 valence electrons. The normalized spacial score (nSPS) is 11.8. The lowest BCUT2D eigenvalue weighted by Crippen LogP contribution is -2.32. The first-order valence-corrected chi connectivity index (χ1v) is 8.14. The van der Waals surface area contributed by atoms with E-state index < -0.39 is 16.9 Å². The van der Waals surface area contributed by atoms with Crippen LogP contribution in [0.1, 0.15) is 12.8 Å². The maximum atomic E-state index is 12.5. The summed E-state index contributed by atoms with van der Waals surface area (Å²) in [7, 11) is 1.41. The Kier molecular flexibility index (Phi) is 4.93. The summed E-state index contributed by atoms with van der Waals surface area (Å²) in [4.78, 5) is 27.4. The predicted octanol–water partition coefficient (Wildman–Crippen LogP) is 3.49. The van der Waals surface area contributed by atoms with Crippen molar-refractivity contribution in [2.75, 3.05) is 17.7 Å². The van der Waals surface area contributed by atoms with Crippen LogP contribution in [0.25, 0.3) is 11.1 Å². The lowest BCUT2D eigenvalue weighted by molar-refractivity contribution is -0.384. The van der Waals surface area contributed by atoms with Crippen LogP contribution >= 0.6 is 0 Å². The summed E-state index contributed by atoms with van der Waals surface area (Å²) >= 11 is 0. The first-order chi connectivity index (χ1) is 12.9. The molecule has 9 nitrogen and oxygen atoms in total. The van der Waals surface area contributed by atoms with Crippen molar-refractivity contribution < 1.29 is 18.9 Å². The van der Waals surface area contributed by atoms with Gasteiger partial charge in [0.2, 0.25) is 5.91 Å². The third-order valence-electron chi connectivity index (χ3n) is 3.93. The number of anilines is 2. The molecule has 1 heterocycles. The van der Waals surface area contributed by atoms with Crippen LogP contribution in [0, 0.1) is 17.0 Å². The maximum absolute atomic E-state index is 12.5. The third-order valence-corrected chi connectivity index (χ3v) is 3.93. The minimum absolute atomic E-state index is 0.0991. The zero-order valence-corrected chi connectivity index (χ0v) is 15.0. The molecule has 0 aliphatic rings. The van der Waals surface area contributed by atoms with E-state index in [1.807, 2.05) is 0 Å². The standard InChI is InChI=1S/C18H18N4O5/c1-10(19-12-4-7-17-15(8-12)20-11(2)27-17)18(23)21-14-6-5-13(26-3)9-16(14)22(24)25/h4-10,19H,1-3H3,(H,21,23)/t10-/m0/s1. The number of oxazole rings is 1. The van der Waals surface area contributed by atoms with E-state index in [2.05, 4.69) is 15.6 Å². The molecule has 0 bridgehead atoms. The number of nitrogens with zero attached hydrogens (tertiary/aromatic N) is 2. The number of ether oxygens (including phenoxy) is 1. The van der Waals surface area contributed by atoms with Crippen molar-refractivity contribution in [3.8, 4) is 5.75 Å². The number of carbonyl (C=O) groups is 1. The average molecular weight is 370 g/mol. The molecule has 9 heteroatoms. The number of nitro groups is 1. The number of hydrogen-bond acceptors (Lipinski definition) is 7. The maximum Gasteiger partial charge on any atom is 0.296 e. The van der Waals surface area contributed by atoms with Crippen LogP contribution < -0.4 is 15.4 Å². The molecular weight excluding hydrogens is 352 g/mol. The van der Waals surface area contributed by atoms with E-state index in [1.54, 1.807) is 38.1 Å². The van der Waals surface area contributed by atoms with E-state index in [4.69, 9.17) is 9.15 Å². The van der Waals surface area contributed by atoms with E-state index in [0.717, 1.165) is 0 Å². The second-order valence-electron chi connectivity index (χ2n) is 5.91. The van der Waals surface area contributed by atoms with Crippen molar-refractivity contribution in [1.82, 2.24) is 4.98 Å². The number of rotatable bonds is 6. The van der Waals surface area contributed by atoms with Crippen LogP contribution in [0.4, 0.5) is 17.1 Å². The van der Waals surface area contributed by atoms with Gasteiger partial charge in [0.05, 0.1) is 18.1 Å². The molecule has 3 aromatic rings. The number of carbonyl (C=O) groups excluding carboxylic acids is 1. The predicted molar refractivity (Wildman–Crippen MR) is 100 cm³/mol. The summed E-state index contributed by atoms with van der Waals surface area (Å²) in [6.07, 6.45) is 0. The zero-order chi connectivity index (χ0) is 19.6. The van der Waals surface area contributed by atoms with Crippen LogP contribution in [-0.4, -0.2) is 29.0 Å². The summed E-state index contributed by atoms with van der Waals surface area (Å²) in [6.45, 7) is 3.41. The van der Waals surface area contributed by atoms with Crippen LogP contribution in [0.5, 0.6) is 5.75 Å². The Morgan fingerprint density at radius 1 is 1.30 bits per heavy atom. The minimum atomic E-state index is -0.642. The summed E-state index contributed by atoms with van der Waals surface area (Å²) in [5.74, 6) is 0.474. The Bertz CT molecular complexity index is 1010. The van der Waals surface area contributed by atoms with Gasteiger partial charge >= 0.3 is 0 Å². The number of hydrogen-bond donors (Lipinski definition) is 2. The molecule has 0 spiro atoms. The molecule has 1 amide bonds. The number of benzene rings is 2. The topological polar surface area (TPSA) is 120 Å². The molecule has 3 rings (SSSR count). The average Bonchev–Trinajstić information content (AvgIpc) is 3.01. The molecule has 0 radical (unpaired) electrons. The van der Waals surface area contributed by atoms with Crippen LogP contribution in [0.3, 0.4) is 0 Å². The molecule has 0 unspecified atom stereocenters. The molecule has 1 atom stereocenters. The van der Waals surface area contributed by atoms with Gasteiger partial charge in [0.25, 0.3) is 5.69 Å². The molecule has 0 saturated heterocycles. The van der Waals surface area contributed by atoms with E-state index >= 15 is 0 Å². The van der Waals surface area contributed by atoms with Gasteiger partial charge in [-0.05, 0) is 37.3 Å². The first kappa shape index (κ1) is 18.2. The quantitative estimate of drug-likeness (QED) is 0.503. The second-order valence-corrected chi connectivity index (χ2v) is 5.91. The number of fused-ring (bicyclic) bond motifs is 1. The van der Waals surface area contributed by atoms with Crippen LogP contribution in [-0.2, 0) is 4.79 Å². The van der Waals surface area contributed by atoms with E-state index in [9.17, 15) is 14.9 Å². The Hall–Kier alpha value is -3.62. The van der Waals surface area contributed by atoms with Gasteiger partial charge in [0, 0.05) is 12.6 Å². The van der Waals surface area contributed by atoms with Crippen molar-refractivity contribution in [1.29, 1.82) is 0 Å². The Balaban J connectivity index is 1.74. The molecule has 0 aliphatic heterocycles. The monoisotopic (exact) mass is 370 g/mol.